The Balaban J connectivity index is 2.47. The number of aliphatic hydroxyl groups excluding tert-OH is 2. The molecule has 1 fully saturated rings. The van der Waals surface area contributed by atoms with Crippen molar-refractivity contribution in [3.05, 3.63) is 0 Å². The van der Waals surface area contributed by atoms with Gasteiger partial charge in [0.05, 0.1) is 18.8 Å². The lowest BCUT2D eigenvalue weighted by Gasteiger charge is -2.34. The molecule has 4 unspecified atom stereocenters. The van der Waals surface area contributed by atoms with Gasteiger partial charge in [-0.25, -0.2) is 0 Å². The summed E-state index contributed by atoms with van der Waals surface area (Å²) in [4.78, 5) is 0. The van der Waals surface area contributed by atoms with E-state index in [2.05, 4.69) is 6.92 Å². The Morgan fingerprint density at radius 2 is 2.00 bits per heavy atom. The normalized spacial score (nSPS) is 34.2. The molecule has 0 saturated heterocycles. The van der Waals surface area contributed by atoms with Gasteiger partial charge in [-0.2, -0.15) is 0 Å². The molecule has 3 nitrogen and oxygen atoms in total. The van der Waals surface area contributed by atoms with E-state index in [1.165, 1.54) is 19.3 Å². The van der Waals surface area contributed by atoms with Crippen molar-refractivity contribution in [3.63, 3.8) is 0 Å². The van der Waals surface area contributed by atoms with E-state index in [0.717, 1.165) is 6.42 Å². The maximum Gasteiger partial charge on any atom is 0.0744 e. The van der Waals surface area contributed by atoms with Gasteiger partial charge >= 0.3 is 0 Å². The molecular formula is C10H21NO2. The van der Waals surface area contributed by atoms with E-state index < -0.39 is 12.1 Å². The summed E-state index contributed by atoms with van der Waals surface area (Å²) in [6.45, 7) is 2.04. The van der Waals surface area contributed by atoms with Crippen LogP contribution < -0.4 is 5.73 Å². The summed E-state index contributed by atoms with van der Waals surface area (Å²) in [6.07, 6.45) is 4.15. The number of rotatable bonds is 3. The molecule has 1 aliphatic carbocycles. The SMILES string of the molecule is CC1CCCCC1C(O)C(N)CO. The van der Waals surface area contributed by atoms with Gasteiger partial charge in [0.15, 0.2) is 0 Å². The first kappa shape index (κ1) is 11.0. The Hall–Kier alpha value is -0.120. The van der Waals surface area contributed by atoms with Crippen LogP contribution in [0.5, 0.6) is 0 Å². The van der Waals surface area contributed by atoms with E-state index in [1.807, 2.05) is 0 Å². The summed E-state index contributed by atoms with van der Waals surface area (Å²) in [5.41, 5.74) is 5.61. The Bertz CT molecular complexity index is 152. The number of hydrogen-bond donors (Lipinski definition) is 3. The van der Waals surface area contributed by atoms with Crippen LogP contribution in [0.2, 0.25) is 0 Å². The largest absolute Gasteiger partial charge is 0.395 e. The lowest BCUT2D eigenvalue weighted by molar-refractivity contribution is 0.0194. The molecule has 0 aromatic rings. The predicted octanol–water partition coefficient (Wildman–Crippen LogP) is 0.493. The second kappa shape index (κ2) is 4.94. The minimum atomic E-state index is -0.528. The van der Waals surface area contributed by atoms with Crippen LogP contribution in [0.4, 0.5) is 0 Å². The molecule has 0 bridgehead atoms. The van der Waals surface area contributed by atoms with Crippen molar-refractivity contribution >= 4 is 0 Å². The van der Waals surface area contributed by atoms with Crippen LogP contribution in [0, 0.1) is 11.8 Å². The Morgan fingerprint density at radius 3 is 2.54 bits per heavy atom. The Kier molecular flexibility index (Phi) is 4.16. The molecule has 0 aliphatic heterocycles. The lowest BCUT2D eigenvalue weighted by Crippen LogP contribution is -2.45. The number of nitrogens with two attached hydrogens (primary N) is 1. The summed E-state index contributed by atoms with van der Waals surface area (Å²) < 4.78 is 0. The molecular weight excluding hydrogens is 166 g/mol. The van der Waals surface area contributed by atoms with Crippen LogP contribution in [0.1, 0.15) is 32.6 Å². The zero-order valence-corrected chi connectivity index (χ0v) is 8.32. The van der Waals surface area contributed by atoms with E-state index in [9.17, 15) is 5.11 Å². The van der Waals surface area contributed by atoms with Crippen molar-refractivity contribution in [1.82, 2.24) is 0 Å². The van der Waals surface area contributed by atoms with E-state index in [4.69, 9.17) is 10.8 Å². The minimum absolute atomic E-state index is 0.121. The molecule has 0 aromatic carbocycles. The van der Waals surface area contributed by atoms with Crippen LogP contribution in [-0.4, -0.2) is 29.0 Å². The van der Waals surface area contributed by atoms with Gasteiger partial charge in [0.1, 0.15) is 0 Å². The fourth-order valence-electron chi connectivity index (χ4n) is 2.28. The van der Waals surface area contributed by atoms with Gasteiger partial charge in [-0.1, -0.05) is 26.2 Å². The van der Waals surface area contributed by atoms with Crippen LogP contribution in [-0.2, 0) is 0 Å². The summed E-state index contributed by atoms with van der Waals surface area (Å²) in [5, 5.41) is 18.7. The molecule has 0 amide bonds. The number of hydrogen-bond acceptors (Lipinski definition) is 3. The molecule has 0 radical (unpaired) electrons. The maximum atomic E-state index is 9.83. The first-order valence-electron chi connectivity index (χ1n) is 5.21. The molecule has 4 atom stereocenters. The monoisotopic (exact) mass is 187 g/mol. The molecule has 0 heterocycles. The highest BCUT2D eigenvalue weighted by atomic mass is 16.3. The second-order valence-electron chi connectivity index (χ2n) is 4.26. The molecule has 78 valence electrons. The molecule has 4 N–H and O–H groups in total. The van der Waals surface area contributed by atoms with Crippen molar-refractivity contribution in [2.45, 2.75) is 44.8 Å². The topological polar surface area (TPSA) is 66.5 Å². The fraction of sp³-hybridized carbons (Fsp3) is 1.00. The van der Waals surface area contributed by atoms with Gasteiger partial charge in [-0.05, 0) is 18.3 Å². The highest BCUT2D eigenvalue weighted by Crippen LogP contribution is 2.32. The van der Waals surface area contributed by atoms with Gasteiger partial charge < -0.3 is 15.9 Å². The standard InChI is InChI=1S/C10H21NO2/c1-7-4-2-3-5-8(7)10(13)9(11)6-12/h7-10,12-13H,2-6,11H2,1H3. The van der Waals surface area contributed by atoms with E-state index in [-0.39, 0.29) is 12.5 Å². The van der Waals surface area contributed by atoms with Gasteiger partial charge in [-0.3, -0.25) is 0 Å². The van der Waals surface area contributed by atoms with Gasteiger partial charge in [0.25, 0.3) is 0 Å². The quantitative estimate of drug-likeness (QED) is 0.602. The van der Waals surface area contributed by atoms with Gasteiger partial charge in [0.2, 0.25) is 0 Å². The van der Waals surface area contributed by atoms with Crippen LogP contribution in [0.25, 0.3) is 0 Å². The van der Waals surface area contributed by atoms with Crippen molar-refractivity contribution in [3.8, 4) is 0 Å². The molecule has 13 heavy (non-hydrogen) atoms. The predicted molar refractivity (Wildman–Crippen MR) is 52.2 cm³/mol. The van der Waals surface area contributed by atoms with Gasteiger partial charge in [0, 0.05) is 0 Å². The summed E-state index contributed by atoms with van der Waals surface area (Å²) in [5.74, 6) is 0.831. The molecule has 3 heteroatoms. The molecule has 0 aromatic heterocycles. The third kappa shape index (κ3) is 2.66. The average Bonchev–Trinajstić information content (AvgIpc) is 2.16. The Morgan fingerprint density at radius 1 is 1.38 bits per heavy atom. The Labute approximate surface area is 79.9 Å². The summed E-state index contributed by atoms with van der Waals surface area (Å²) in [6, 6.07) is -0.467. The minimum Gasteiger partial charge on any atom is -0.395 e. The first-order chi connectivity index (χ1) is 6.16. The molecule has 0 spiro atoms. The highest BCUT2D eigenvalue weighted by molar-refractivity contribution is 4.84. The lowest BCUT2D eigenvalue weighted by atomic mass is 9.75. The van der Waals surface area contributed by atoms with Crippen molar-refractivity contribution in [1.29, 1.82) is 0 Å². The molecule has 1 saturated carbocycles. The highest BCUT2D eigenvalue weighted by Gasteiger charge is 2.30. The third-order valence-corrected chi connectivity index (χ3v) is 3.27. The first-order valence-corrected chi connectivity index (χ1v) is 5.21. The van der Waals surface area contributed by atoms with Gasteiger partial charge in [-0.15, -0.1) is 0 Å². The molecule has 1 rings (SSSR count). The fourth-order valence-corrected chi connectivity index (χ4v) is 2.28. The maximum absolute atomic E-state index is 9.83. The van der Waals surface area contributed by atoms with Crippen molar-refractivity contribution < 1.29 is 10.2 Å². The van der Waals surface area contributed by atoms with E-state index >= 15 is 0 Å². The summed E-state index contributed by atoms with van der Waals surface area (Å²) >= 11 is 0. The van der Waals surface area contributed by atoms with E-state index in [0.29, 0.717) is 5.92 Å². The summed E-state index contributed by atoms with van der Waals surface area (Å²) in [7, 11) is 0. The number of aliphatic hydroxyl groups is 2. The second-order valence-corrected chi connectivity index (χ2v) is 4.26. The van der Waals surface area contributed by atoms with Crippen LogP contribution in [0.3, 0.4) is 0 Å². The van der Waals surface area contributed by atoms with Crippen LogP contribution in [0.15, 0.2) is 0 Å². The van der Waals surface area contributed by atoms with Crippen LogP contribution >= 0.6 is 0 Å². The zero-order valence-electron chi connectivity index (χ0n) is 8.32. The average molecular weight is 187 g/mol. The van der Waals surface area contributed by atoms with Crippen molar-refractivity contribution in [2.24, 2.45) is 17.6 Å². The zero-order chi connectivity index (χ0) is 9.84. The van der Waals surface area contributed by atoms with E-state index in [1.54, 1.807) is 0 Å². The third-order valence-electron chi connectivity index (χ3n) is 3.27. The smallest absolute Gasteiger partial charge is 0.0744 e. The van der Waals surface area contributed by atoms with Crippen molar-refractivity contribution in [2.75, 3.05) is 6.61 Å². The molecule has 1 aliphatic rings.